The second kappa shape index (κ2) is 7.38. The Morgan fingerprint density at radius 3 is 2.44 bits per heavy atom. The summed E-state index contributed by atoms with van der Waals surface area (Å²) in [6.07, 6.45) is -5.25. The molecule has 0 saturated carbocycles. The lowest BCUT2D eigenvalue weighted by Crippen LogP contribution is -2.28. The van der Waals surface area contributed by atoms with Crippen LogP contribution in [0.1, 0.15) is 5.56 Å². The smallest absolute Gasteiger partial charge is 0.491 e. The predicted molar refractivity (Wildman–Crippen MR) is 84.2 cm³/mol. The predicted octanol–water partition coefficient (Wildman–Crippen LogP) is 4.42. The Balaban J connectivity index is 2.32. The first-order valence-corrected chi connectivity index (χ1v) is 7.36. The molecule has 0 aromatic heterocycles. The number of hydrogen-bond acceptors (Lipinski definition) is 5. The van der Waals surface area contributed by atoms with Gasteiger partial charge in [0.2, 0.25) is 0 Å². The van der Waals surface area contributed by atoms with Crippen LogP contribution in [0.2, 0.25) is 10.0 Å². The summed E-state index contributed by atoms with van der Waals surface area (Å²) in [6.45, 7) is 0.205. The maximum atomic E-state index is 12.3. The fourth-order valence-corrected chi connectivity index (χ4v) is 2.22. The van der Waals surface area contributed by atoms with E-state index in [1.54, 1.807) is 6.07 Å². The van der Waals surface area contributed by atoms with Crippen molar-refractivity contribution in [2.75, 3.05) is 0 Å². The van der Waals surface area contributed by atoms with E-state index in [0.717, 1.165) is 6.07 Å². The van der Waals surface area contributed by atoms with Crippen LogP contribution in [0.3, 0.4) is 0 Å². The van der Waals surface area contributed by atoms with E-state index in [4.69, 9.17) is 33.7 Å². The Bertz CT molecular complexity index is 812. The first kappa shape index (κ1) is 19.2. The summed E-state index contributed by atoms with van der Waals surface area (Å²) in [6, 6.07) is 6.69. The number of phenols is 1. The summed E-state index contributed by atoms with van der Waals surface area (Å²) in [5.41, 5.74) is 6.14. The number of nitrogens with two attached hydrogens (primary N) is 1. The summed E-state index contributed by atoms with van der Waals surface area (Å²) in [5, 5.41) is 9.39. The molecule has 5 nitrogen and oxygen atoms in total. The van der Waals surface area contributed by atoms with Crippen molar-refractivity contribution in [3.63, 3.8) is 0 Å². The summed E-state index contributed by atoms with van der Waals surface area (Å²) >= 11 is 11.9. The Morgan fingerprint density at radius 2 is 1.88 bits per heavy atom. The van der Waals surface area contributed by atoms with E-state index in [9.17, 15) is 23.1 Å². The zero-order valence-corrected chi connectivity index (χ0v) is 13.7. The molecule has 0 aliphatic carbocycles. The maximum absolute atomic E-state index is 12.3. The Morgan fingerprint density at radius 1 is 1.20 bits per heavy atom. The zero-order valence-electron chi connectivity index (χ0n) is 12.2. The molecule has 0 spiro atoms. The fourth-order valence-electron chi connectivity index (χ4n) is 1.74. The zero-order chi connectivity index (χ0) is 18.8. The third kappa shape index (κ3) is 4.47. The van der Waals surface area contributed by atoms with Crippen molar-refractivity contribution in [3.05, 3.63) is 45.9 Å². The number of carbonyl (C=O) groups excluding carboxylic acids is 1. The number of esters is 1. The molecule has 0 saturated heterocycles. The number of aromatic hydroxyl groups is 1. The van der Waals surface area contributed by atoms with Gasteiger partial charge >= 0.3 is 12.1 Å². The summed E-state index contributed by atoms with van der Waals surface area (Å²) in [4.78, 5) is 10.9. The minimum absolute atomic E-state index is 0.152. The van der Waals surface area contributed by atoms with E-state index < -0.39 is 28.7 Å². The van der Waals surface area contributed by atoms with Crippen LogP contribution >= 0.6 is 23.2 Å². The summed E-state index contributed by atoms with van der Waals surface area (Å²) in [5.74, 6) is -4.10. The van der Waals surface area contributed by atoms with E-state index in [1.807, 2.05) is 0 Å². The van der Waals surface area contributed by atoms with Crippen LogP contribution in [0.4, 0.5) is 13.2 Å². The fraction of sp³-hybridized carbons (Fsp3) is 0.133. The molecule has 25 heavy (non-hydrogen) atoms. The van der Waals surface area contributed by atoms with Crippen LogP contribution in [0.5, 0.6) is 23.0 Å². The molecular formula is C15H10Cl2F3NO4. The van der Waals surface area contributed by atoms with Gasteiger partial charge in [0.05, 0.1) is 0 Å². The average molecular weight is 396 g/mol. The van der Waals surface area contributed by atoms with Crippen molar-refractivity contribution >= 4 is 29.2 Å². The van der Waals surface area contributed by atoms with E-state index in [1.165, 1.54) is 18.2 Å². The minimum Gasteiger partial charge on any atom is -0.504 e. The minimum atomic E-state index is -5.25. The molecule has 2 aromatic rings. The molecule has 0 atom stereocenters. The molecule has 0 aliphatic rings. The van der Waals surface area contributed by atoms with Gasteiger partial charge in [-0.05, 0) is 29.8 Å². The van der Waals surface area contributed by atoms with Gasteiger partial charge in [0.25, 0.3) is 0 Å². The highest BCUT2D eigenvalue weighted by molar-refractivity contribution is 6.34. The number of alkyl halides is 3. The van der Waals surface area contributed by atoms with E-state index in [-0.39, 0.29) is 18.0 Å². The molecule has 0 aliphatic heterocycles. The van der Waals surface area contributed by atoms with Gasteiger partial charge in [-0.3, -0.25) is 0 Å². The van der Waals surface area contributed by atoms with Crippen LogP contribution in [-0.2, 0) is 11.3 Å². The highest BCUT2D eigenvalue weighted by Gasteiger charge is 2.42. The molecule has 134 valence electrons. The Hall–Kier alpha value is -2.16. The number of rotatable bonds is 4. The normalized spacial score (nSPS) is 11.3. The highest BCUT2D eigenvalue weighted by Crippen LogP contribution is 2.43. The third-order valence-electron chi connectivity index (χ3n) is 2.94. The molecule has 0 amide bonds. The van der Waals surface area contributed by atoms with Crippen molar-refractivity contribution in [2.24, 2.45) is 5.73 Å². The first-order chi connectivity index (χ1) is 11.6. The Labute approximate surface area is 149 Å². The highest BCUT2D eigenvalue weighted by atomic mass is 35.5. The average Bonchev–Trinajstić information content (AvgIpc) is 2.53. The van der Waals surface area contributed by atoms with E-state index in [0.29, 0.717) is 10.6 Å². The number of hydrogen-bond donors (Lipinski definition) is 2. The monoisotopic (exact) mass is 395 g/mol. The van der Waals surface area contributed by atoms with Crippen LogP contribution in [0, 0.1) is 0 Å². The van der Waals surface area contributed by atoms with Crippen LogP contribution in [-0.4, -0.2) is 17.3 Å². The van der Waals surface area contributed by atoms with Crippen LogP contribution in [0.25, 0.3) is 0 Å². The molecule has 0 bridgehead atoms. The number of ether oxygens (including phenoxy) is 2. The van der Waals surface area contributed by atoms with Crippen molar-refractivity contribution in [2.45, 2.75) is 12.7 Å². The van der Waals surface area contributed by atoms with Crippen LogP contribution in [0.15, 0.2) is 30.3 Å². The molecule has 2 aromatic carbocycles. The number of halogens is 5. The molecule has 0 heterocycles. The molecule has 2 rings (SSSR count). The molecule has 3 N–H and O–H groups in total. The quantitative estimate of drug-likeness (QED) is 0.591. The van der Waals surface area contributed by atoms with Gasteiger partial charge in [-0.1, -0.05) is 29.3 Å². The Kier molecular flexibility index (Phi) is 5.66. The van der Waals surface area contributed by atoms with Gasteiger partial charge in [-0.15, -0.1) is 0 Å². The summed E-state index contributed by atoms with van der Waals surface area (Å²) in [7, 11) is 0. The largest absolute Gasteiger partial charge is 0.504 e. The van der Waals surface area contributed by atoms with Crippen molar-refractivity contribution in [3.8, 4) is 23.0 Å². The van der Waals surface area contributed by atoms with Gasteiger partial charge in [-0.25, -0.2) is 4.79 Å². The molecule has 0 fully saturated rings. The molecule has 10 heteroatoms. The lowest BCUT2D eigenvalue weighted by Gasteiger charge is -2.14. The number of benzene rings is 2. The second-order valence-corrected chi connectivity index (χ2v) is 5.46. The van der Waals surface area contributed by atoms with Gasteiger partial charge in [-0.2, -0.15) is 13.2 Å². The van der Waals surface area contributed by atoms with Crippen molar-refractivity contribution < 1.29 is 32.5 Å². The van der Waals surface area contributed by atoms with E-state index >= 15 is 0 Å². The number of phenolic OH excluding ortho intramolecular Hbond substituents is 1. The number of carbonyl (C=O) groups is 1. The molecule has 0 unspecified atom stereocenters. The molecule has 0 radical (unpaired) electrons. The molecular weight excluding hydrogens is 386 g/mol. The van der Waals surface area contributed by atoms with Crippen molar-refractivity contribution in [1.82, 2.24) is 0 Å². The lowest BCUT2D eigenvalue weighted by molar-refractivity contribution is -0.189. The van der Waals surface area contributed by atoms with Gasteiger partial charge in [0.15, 0.2) is 11.5 Å². The van der Waals surface area contributed by atoms with Crippen LogP contribution < -0.4 is 15.2 Å². The first-order valence-electron chi connectivity index (χ1n) is 6.60. The van der Waals surface area contributed by atoms with Crippen molar-refractivity contribution in [1.29, 1.82) is 0 Å². The maximum Gasteiger partial charge on any atom is 0.491 e. The third-order valence-corrected chi connectivity index (χ3v) is 3.65. The van der Waals surface area contributed by atoms with Gasteiger partial charge < -0.3 is 20.3 Å². The van der Waals surface area contributed by atoms with E-state index in [2.05, 4.69) is 4.74 Å². The SMILES string of the molecule is NCc1ccc(Oc2ccc(O)c(OC(=O)C(F)(F)F)c2Cl)cc1Cl. The second-order valence-electron chi connectivity index (χ2n) is 4.67. The standard InChI is InChI=1S/C15H10Cl2F3NO4/c16-9-5-8(2-1-7(9)6-21)24-11-4-3-10(22)13(12(11)17)25-14(23)15(18,19)20/h1-5,22H,6,21H2. The topological polar surface area (TPSA) is 81.8 Å². The summed E-state index contributed by atoms with van der Waals surface area (Å²) < 4.78 is 46.4. The van der Waals surface area contributed by atoms with Gasteiger partial charge in [0.1, 0.15) is 16.5 Å². The van der Waals surface area contributed by atoms with Gasteiger partial charge in [0, 0.05) is 11.6 Å². The lowest BCUT2D eigenvalue weighted by atomic mass is 10.2.